The molecule has 3 nitrogen and oxygen atoms in total. The number of halogens is 2. The van der Waals surface area contributed by atoms with E-state index in [0.717, 1.165) is 38.8 Å². The van der Waals surface area contributed by atoms with Crippen LogP contribution in [0.25, 0.3) is 0 Å². The fraction of sp³-hybridized carbons (Fsp3) is 0.571. The number of nitrogens with zero attached hydrogens (tertiary/aromatic N) is 2. The largest absolute Gasteiger partial charge is 0.391 e. The van der Waals surface area contributed by atoms with Gasteiger partial charge in [-0.05, 0) is 11.6 Å². The first kappa shape index (κ1) is 13.0. The van der Waals surface area contributed by atoms with Crippen LogP contribution in [-0.2, 0) is 6.42 Å². The van der Waals surface area contributed by atoms with Crippen molar-refractivity contribution in [2.24, 2.45) is 0 Å². The number of hydrogen-bond donors (Lipinski definition) is 1. The highest BCUT2D eigenvalue weighted by Crippen LogP contribution is 2.21. The molecule has 2 atom stereocenters. The second-order valence-electron chi connectivity index (χ2n) is 5.39. The zero-order valence-electron chi connectivity index (χ0n) is 10.7. The van der Waals surface area contributed by atoms with Gasteiger partial charge in [-0.25, -0.2) is 8.78 Å². The second kappa shape index (κ2) is 5.15. The van der Waals surface area contributed by atoms with Gasteiger partial charge in [0.1, 0.15) is 0 Å². The molecule has 1 aromatic rings. The molecule has 3 fully saturated rings. The van der Waals surface area contributed by atoms with Gasteiger partial charge < -0.3 is 5.11 Å². The molecule has 4 rings (SSSR count). The summed E-state index contributed by atoms with van der Waals surface area (Å²) in [5.41, 5.74) is 0.255. The van der Waals surface area contributed by atoms with Gasteiger partial charge in [0.15, 0.2) is 11.6 Å². The molecule has 0 aromatic heterocycles. The van der Waals surface area contributed by atoms with E-state index >= 15 is 0 Å². The fourth-order valence-electron chi connectivity index (χ4n) is 3.09. The van der Waals surface area contributed by atoms with Crippen molar-refractivity contribution >= 4 is 0 Å². The summed E-state index contributed by atoms with van der Waals surface area (Å²) in [5, 5.41) is 10.3. The molecule has 3 heterocycles. The molecular weight excluding hydrogens is 250 g/mol. The Morgan fingerprint density at radius 1 is 1.21 bits per heavy atom. The molecule has 3 aliphatic heterocycles. The highest BCUT2D eigenvalue weighted by atomic mass is 19.2. The SMILES string of the molecule is OC(Cc1cccc(F)c1F)C1CN2CCN1CC2. The predicted octanol–water partition coefficient (Wildman–Crippen LogP) is 0.868. The number of piperazine rings is 3. The van der Waals surface area contributed by atoms with Gasteiger partial charge in [-0.1, -0.05) is 12.1 Å². The number of aliphatic hydroxyl groups excluding tert-OH is 1. The summed E-state index contributed by atoms with van der Waals surface area (Å²) in [6, 6.07) is 4.16. The highest BCUT2D eigenvalue weighted by Gasteiger charge is 2.36. The van der Waals surface area contributed by atoms with Crippen molar-refractivity contribution < 1.29 is 13.9 Å². The molecule has 19 heavy (non-hydrogen) atoms. The Labute approximate surface area is 111 Å². The lowest BCUT2D eigenvalue weighted by Crippen LogP contribution is -2.64. The minimum absolute atomic E-state index is 0.0326. The summed E-state index contributed by atoms with van der Waals surface area (Å²) in [6.07, 6.45) is -0.488. The van der Waals surface area contributed by atoms with Crippen LogP contribution < -0.4 is 0 Å². The first-order valence-corrected chi connectivity index (χ1v) is 6.72. The third kappa shape index (κ3) is 2.50. The Morgan fingerprint density at radius 2 is 1.95 bits per heavy atom. The summed E-state index contributed by atoms with van der Waals surface area (Å²) in [4.78, 5) is 4.57. The second-order valence-corrected chi connectivity index (χ2v) is 5.39. The summed E-state index contributed by atoms with van der Waals surface area (Å²) in [6.45, 7) is 4.80. The quantitative estimate of drug-likeness (QED) is 0.881. The van der Waals surface area contributed by atoms with Crippen molar-refractivity contribution in [3.63, 3.8) is 0 Å². The van der Waals surface area contributed by atoms with Gasteiger partial charge in [0.2, 0.25) is 0 Å². The van der Waals surface area contributed by atoms with Crippen LogP contribution in [0.1, 0.15) is 5.56 Å². The standard InChI is InChI=1S/C14H18F2N2O/c15-11-3-1-2-10(14(11)16)8-13(19)12-9-17-4-6-18(12)7-5-17/h1-3,12-13,19H,4-9H2. The molecule has 104 valence electrons. The molecule has 0 aliphatic carbocycles. The Balaban J connectivity index is 1.71. The molecule has 0 radical (unpaired) electrons. The van der Waals surface area contributed by atoms with Crippen LogP contribution in [0.15, 0.2) is 18.2 Å². The van der Waals surface area contributed by atoms with Gasteiger partial charge in [0.05, 0.1) is 6.10 Å². The van der Waals surface area contributed by atoms with E-state index in [4.69, 9.17) is 0 Å². The summed E-state index contributed by atoms with van der Waals surface area (Å²) >= 11 is 0. The van der Waals surface area contributed by atoms with E-state index < -0.39 is 17.7 Å². The van der Waals surface area contributed by atoms with Crippen LogP contribution in [0.4, 0.5) is 8.78 Å². The van der Waals surface area contributed by atoms with Crippen molar-refractivity contribution in [3.8, 4) is 0 Å². The smallest absolute Gasteiger partial charge is 0.162 e. The van der Waals surface area contributed by atoms with E-state index in [2.05, 4.69) is 9.80 Å². The lowest BCUT2D eigenvalue weighted by atomic mass is 9.96. The monoisotopic (exact) mass is 268 g/mol. The van der Waals surface area contributed by atoms with Crippen LogP contribution in [0, 0.1) is 11.6 Å². The van der Waals surface area contributed by atoms with E-state index in [1.165, 1.54) is 6.07 Å². The molecule has 3 saturated heterocycles. The molecule has 1 N–H and O–H groups in total. The molecule has 2 bridgehead atoms. The van der Waals surface area contributed by atoms with Crippen LogP contribution in [0.5, 0.6) is 0 Å². The van der Waals surface area contributed by atoms with Crippen molar-refractivity contribution in [1.82, 2.24) is 9.80 Å². The van der Waals surface area contributed by atoms with E-state index in [0.29, 0.717) is 0 Å². The third-order valence-corrected chi connectivity index (χ3v) is 4.23. The van der Waals surface area contributed by atoms with Gasteiger partial charge >= 0.3 is 0 Å². The van der Waals surface area contributed by atoms with Crippen LogP contribution in [0.3, 0.4) is 0 Å². The zero-order chi connectivity index (χ0) is 13.4. The normalized spacial score (nSPS) is 31.4. The average molecular weight is 268 g/mol. The maximum atomic E-state index is 13.6. The molecule has 0 spiro atoms. The van der Waals surface area contributed by atoms with Crippen molar-refractivity contribution in [2.75, 3.05) is 32.7 Å². The Kier molecular flexibility index (Phi) is 3.52. The Morgan fingerprint density at radius 3 is 2.58 bits per heavy atom. The van der Waals surface area contributed by atoms with Crippen molar-refractivity contribution in [2.45, 2.75) is 18.6 Å². The van der Waals surface area contributed by atoms with E-state index in [-0.39, 0.29) is 18.0 Å². The van der Waals surface area contributed by atoms with E-state index in [1.807, 2.05) is 0 Å². The Bertz CT molecular complexity index is 461. The maximum Gasteiger partial charge on any atom is 0.162 e. The topological polar surface area (TPSA) is 26.7 Å². The van der Waals surface area contributed by atoms with Crippen LogP contribution in [-0.4, -0.2) is 59.8 Å². The zero-order valence-corrected chi connectivity index (χ0v) is 10.7. The van der Waals surface area contributed by atoms with E-state index in [1.54, 1.807) is 6.07 Å². The maximum absolute atomic E-state index is 13.6. The van der Waals surface area contributed by atoms with Gasteiger partial charge in [-0.2, -0.15) is 0 Å². The van der Waals surface area contributed by atoms with Crippen LogP contribution in [0.2, 0.25) is 0 Å². The van der Waals surface area contributed by atoms with Crippen LogP contribution >= 0.6 is 0 Å². The molecule has 5 heteroatoms. The number of aliphatic hydroxyl groups is 1. The van der Waals surface area contributed by atoms with Gasteiger partial charge in [0.25, 0.3) is 0 Å². The van der Waals surface area contributed by atoms with Gasteiger partial charge in [-0.15, -0.1) is 0 Å². The van der Waals surface area contributed by atoms with Crippen molar-refractivity contribution in [3.05, 3.63) is 35.4 Å². The summed E-state index contributed by atoms with van der Waals surface area (Å²) in [7, 11) is 0. The first-order valence-electron chi connectivity index (χ1n) is 6.72. The molecule has 1 aromatic carbocycles. The third-order valence-electron chi connectivity index (χ3n) is 4.23. The summed E-state index contributed by atoms with van der Waals surface area (Å²) < 4.78 is 26.8. The number of fused-ring (bicyclic) bond motifs is 3. The number of benzene rings is 1. The lowest BCUT2D eigenvalue weighted by Gasteiger charge is -2.49. The van der Waals surface area contributed by atoms with Crippen molar-refractivity contribution in [1.29, 1.82) is 0 Å². The Hall–Kier alpha value is -1.04. The molecule has 3 aliphatic rings. The van der Waals surface area contributed by atoms with Gasteiger partial charge in [-0.3, -0.25) is 9.80 Å². The minimum Gasteiger partial charge on any atom is -0.391 e. The molecule has 0 amide bonds. The molecular formula is C14H18F2N2O. The fourth-order valence-corrected chi connectivity index (χ4v) is 3.09. The van der Waals surface area contributed by atoms with E-state index in [9.17, 15) is 13.9 Å². The molecule has 2 unspecified atom stereocenters. The highest BCUT2D eigenvalue weighted by molar-refractivity contribution is 5.20. The summed E-state index contributed by atoms with van der Waals surface area (Å²) in [5.74, 6) is -1.68. The average Bonchev–Trinajstić information content (AvgIpc) is 2.45. The predicted molar refractivity (Wildman–Crippen MR) is 67.9 cm³/mol. The minimum atomic E-state index is -0.848. The van der Waals surface area contributed by atoms with Gasteiger partial charge in [0, 0.05) is 45.2 Å². The number of rotatable bonds is 3. The first-order chi connectivity index (χ1) is 9.15. The molecule has 0 saturated carbocycles. The lowest BCUT2D eigenvalue weighted by molar-refractivity contribution is -0.0455. The number of hydrogen-bond acceptors (Lipinski definition) is 3.